The number of pyridine rings is 1. The van der Waals surface area contributed by atoms with Crippen LogP contribution in [0.3, 0.4) is 0 Å². The van der Waals surface area contributed by atoms with Crippen LogP contribution >= 0.6 is 11.3 Å². The van der Waals surface area contributed by atoms with E-state index in [9.17, 15) is 4.79 Å². The molecule has 1 aliphatic rings. The van der Waals surface area contributed by atoms with Crippen molar-refractivity contribution in [3.63, 3.8) is 0 Å². The van der Waals surface area contributed by atoms with Gasteiger partial charge in [-0.15, -0.1) is 11.3 Å². The van der Waals surface area contributed by atoms with Crippen LogP contribution in [0, 0.1) is 6.92 Å². The summed E-state index contributed by atoms with van der Waals surface area (Å²) < 4.78 is 11.4. The molecular formula is C16H19N3O3S. The van der Waals surface area contributed by atoms with E-state index in [1.165, 1.54) is 11.3 Å². The standard InChI is InChI=1S/C16H19N3O3S/c1-11-18-14(10-23-11)16(20)19-13-9-21-7-5-15(13)22-8-12-4-2-3-6-17-12/h2-4,6,10,13,15H,5,7-9H2,1H3,(H,19,20)/t13-,15-/m1/s1. The lowest BCUT2D eigenvalue weighted by atomic mass is 10.1. The quantitative estimate of drug-likeness (QED) is 0.905. The molecule has 0 saturated carbocycles. The van der Waals surface area contributed by atoms with Crippen molar-refractivity contribution in [2.45, 2.75) is 32.1 Å². The van der Waals surface area contributed by atoms with E-state index in [-0.39, 0.29) is 18.1 Å². The SMILES string of the molecule is Cc1nc(C(=O)N[C@@H]2COCC[C@H]2OCc2ccccn2)cs1. The highest BCUT2D eigenvalue weighted by molar-refractivity contribution is 7.09. The molecule has 0 radical (unpaired) electrons. The van der Waals surface area contributed by atoms with E-state index >= 15 is 0 Å². The van der Waals surface area contributed by atoms with E-state index < -0.39 is 0 Å². The molecule has 122 valence electrons. The highest BCUT2D eigenvalue weighted by Gasteiger charge is 2.28. The number of nitrogens with zero attached hydrogens (tertiary/aromatic N) is 2. The van der Waals surface area contributed by atoms with Gasteiger partial charge in [-0.1, -0.05) is 6.07 Å². The molecule has 2 aromatic heterocycles. The summed E-state index contributed by atoms with van der Waals surface area (Å²) in [6, 6.07) is 5.54. The van der Waals surface area contributed by atoms with Crippen molar-refractivity contribution < 1.29 is 14.3 Å². The molecule has 0 unspecified atom stereocenters. The topological polar surface area (TPSA) is 73.3 Å². The van der Waals surface area contributed by atoms with E-state index in [1.807, 2.05) is 25.1 Å². The highest BCUT2D eigenvalue weighted by atomic mass is 32.1. The molecule has 1 aliphatic heterocycles. The van der Waals surface area contributed by atoms with Crippen LogP contribution in [0.2, 0.25) is 0 Å². The van der Waals surface area contributed by atoms with Gasteiger partial charge in [-0.3, -0.25) is 9.78 Å². The molecule has 3 heterocycles. The first-order valence-corrected chi connectivity index (χ1v) is 8.42. The largest absolute Gasteiger partial charge is 0.379 e. The normalized spacial score (nSPS) is 21.1. The van der Waals surface area contributed by atoms with Gasteiger partial charge in [0.2, 0.25) is 0 Å². The third-order valence-electron chi connectivity index (χ3n) is 3.63. The molecule has 0 aromatic carbocycles. The zero-order valence-corrected chi connectivity index (χ0v) is 13.7. The number of amides is 1. The molecule has 23 heavy (non-hydrogen) atoms. The Morgan fingerprint density at radius 3 is 3.17 bits per heavy atom. The number of carbonyl (C=O) groups excluding carboxylic acids is 1. The Hall–Kier alpha value is -1.83. The third-order valence-corrected chi connectivity index (χ3v) is 4.41. The van der Waals surface area contributed by atoms with Crippen LogP contribution in [-0.4, -0.2) is 41.2 Å². The van der Waals surface area contributed by atoms with Crippen LogP contribution in [0.4, 0.5) is 0 Å². The van der Waals surface area contributed by atoms with Crippen molar-refractivity contribution in [3.8, 4) is 0 Å². The van der Waals surface area contributed by atoms with Gasteiger partial charge in [-0.05, 0) is 25.5 Å². The summed E-state index contributed by atoms with van der Waals surface area (Å²) >= 11 is 1.46. The average Bonchev–Trinajstić information content (AvgIpc) is 3.02. The van der Waals surface area contributed by atoms with Crippen molar-refractivity contribution in [1.29, 1.82) is 0 Å². The van der Waals surface area contributed by atoms with Gasteiger partial charge in [-0.2, -0.15) is 0 Å². The van der Waals surface area contributed by atoms with Gasteiger partial charge >= 0.3 is 0 Å². The van der Waals surface area contributed by atoms with Gasteiger partial charge in [-0.25, -0.2) is 4.98 Å². The zero-order chi connectivity index (χ0) is 16.1. The smallest absolute Gasteiger partial charge is 0.271 e. The van der Waals surface area contributed by atoms with Crippen molar-refractivity contribution in [2.75, 3.05) is 13.2 Å². The number of nitrogens with one attached hydrogen (secondary N) is 1. The summed E-state index contributed by atoms with van der Waals surface area (Å²) in [6.07, 6.45) is 2.40. The molecule has 1 N–H and O–H groups in total. The molecule has 0 bridgehead atoms. The fraction of sp³-hybridized carbons (Fsp3) is 0.438. The Labute approximate surface area is 138 Å². The lowest BCUT2D eigenvalue weighted by Crippen LogP contribution is -2.50. The number of ether oxygens (including phenoxy) is 2. The minimum absolute atomic E-state index is 0.0885. The number of hydrogen-bond donors (Lipinski definition) is 1. The van der Waals surface area contributed by atoms with Crippen molar-refractivity contribution in [3.05, 3.63) is 46.2 Å². The lowest BCUT2D eigenvalue weighted by molar-refractivity contribution is -0.0613. The molecule has 0 aliphatic carbocycles. The van der Waals surface area contributed by atoms with Gasteiger partial charge in [0, 0.05) is 18.2 Å². The first-order valence-electron chi connectivity index (χ1n) is 7.54. The zero-order valence-electron chi connectivity index (χ0n) is 12.9. The molecular weight excluding hydrogens is 314 g/mol. The molecule has 1 amide bonds. The molecule has 1 fully saturated rings. The Kier molecular flexibility index (Phi) is 5.32. The number of carbonyl (C=O) groups is 1. The Balaban J connectivity index is 1.58. The lowest BCUT2D eigenvalue weighted by Gasteiger charge is -2.31. The second kappa shape index (κ2) is 7.63. The van der Waals surface area contributed by atoms with Gasteiger partial charge in [0.05, 0.1) is 36.1 Å². The number of aryl methyl sites for hydroxylation is 1. The van der Waals surface area contributed by atoms with Gasteiger partial charge < -0.3 is 14.8 Å². The molecule has 3 rings (SSSR count). The maximum Gasteiger partial charge on any atom is 0.271 e. The Morgan fingerprint density at radius 2 is 2.43 bits per heavy atom. The number of rotatable bonds is 5. The number of hydrogen-bond acceptors (Lipinski definition) is 6. The second-order valence-corrected chi connectivity index (χ2v) is 6.43. The van der Waals surface area contributed by atoms with E-state index in [0.717, 1.165) is 17.1 Å². The number of aromatic nitrogens is 2. The summed E-state index contributed by atoms with van der Waals surface area (Å²) in [5.41, 5.74) is 1.32. The molecule has 7 heteroatoms. The van der Waals surface area contributed by atoms with Gasteiger partial charge in [0.25, 0.3) is 5.91 Å². The summed E-state index contributed by atoms with van der Waals surface area (Å²) in [5, 5.41) is 5.60. The first kappa shape index (κ1) is 16.0. The van der Waals surface area contributed by atoms with Crippen molar-refractivity contribution in [2.24, 2.45) is 0 Å². The maximum atomic E-state index is 12.3. The molecule has 2 aromatic rings. The van der Waals surface area contributed by atoms with Crippen LogP contribution in [0.25, 0.3) is 0 Å². The highest BCUT2D eigenvalue weighted by Crippen LogP contribution is 2.15. The van der Waals surface area contributed by atoms with Gasteiger partial charge in [0.1, 0.15) is 5.69 Å². The summed E-state index contributed by atoms with van der Waals surface area (Å²) in [7, 11) is 0. The fourth-order valence-corrected chi connectivity index (χ4v) is 3.03. The van der Waals surface area contributed by atoms with E-state index in [2.05, 4.69) is 15.3 Å². The van der Waals surface area contributed by atoms with Gasteiger partial charge in [0.15, 0.2) is 0 Å². The summed E-state index contributed by atoms with van der Waals surface area (Å²) in [4.78, 5) is 20.7. The predicted octanol–water partition coefficient (Wildman–Crippen LogP) is 1.95. The van der Waals surface area contributed by atoms with Crippen LogP contribution in [-0.2, 0) is 16.1 Å². The first-order chi connectivity index (χ1) is 11.2. The summed E-state index contributed by atoms with van der Waals surface area (Å²) in [6.45, 7) is 3.38. The van der Waals surface area contributed by atoms with Crippen molar-refractivity contribution >= 4 is 17.2 Å². The summed E-state index contributed by atoms with van der Waals surface area (Å²) in [5.74, 6) is -0.184. The minimum Gasteiger partial charge on any atom is -0.379 e. The molecule has 1 saturated heterocycles. The van der Waals surface area contributed by atoms with Crippen LogP contribution in [0.15, 0.2) is 29.8 Å². The fourth-order valence-electron chi connectivity index (χ4n) is 2.44. The molecule has 6 nitrogen and oxygen atoms in total. The van der Waals surface area contributed by atoms with Crippen LogP contribution in [0.5, 0.6) is 0 Å². The maximum absolute atomic E-state index is 12.3. The Bertz CT molecular complexity index is 647. The molecule has 0 spiro atoms. The van der Waals surface area contributed by atoms with Crippen molar-refractivity contribution in [1.82, 2.24) is 15.3 Å². The second-order valence-electron chi connectivity index (χ2n) is 5.37. The third kappa shape index (κ3) is 4.34. The number of thiazole rings is 1. The van der Waals surface area contributed by atoms with Crippen LogP contribution in [0.1, 0.15) is 27.6 Å². The minimum atomic E-state index is -0.184. The predicted molar refractivity (Wildman–Crippen MR) is 86.4 cm³/mol. The monoisotopic (exact) mass is 333 g/mol. The Morgan fingerprint density at radius 1 is 1.52 bits per heavy atom. The molecule has 2 atom stereocenters. The van der Waals surface area contributed by atoms with E-state index in [4.69, 9.17) is 9.47 Å². The average molecular weight is 333 g/mol. The van der Waals surface area contributed by atoms with Crippen LogP contribution < -0.4 is 5.32 Å². The van der Waals surface area contributed by atoms with E-state index in [0.29, 0.717) is 25.5 Å². The van der Waals surface area contributed by atoms with E-state index in [1.54, 1.807) is 11.6 Å².